The second-order valence-corrected chi connectivity index (χ2v) is 5.07. The van der Waals surface area contributed by atoms with Crippen LogP contribution in [-0.2, 0) is 14.3 Å². The Kier molecular flexibility index (Phi) is 3.75. The molecule has 19 heavy (non-hydrogen) atoms. The average molecular weight is 270 g/mol. The fraction of sp³-hybridized carbons (Fsp3) is 0.750. The van der Waals surface area contributed by atoms with Gasteiger partial charge in [0.25, 0.3) is 5.91 Å². The summed E-state index contributed by atoms with van der Waals surface area (Å²) in [5, 5.41) is 11.7. The second kappa shape index (κ2) is 5.16. The van der Waals surface area contributed by atoms with Crippen molar-refractivity contribution in [1.82, 2.24) is 10.2 Å². The summed E-state index contributed by atoms with van der Waals surface area (Å²) >= 11 is 0. The van der Waals surface area contributed by atoms with E-state index in [4.69, 9.17) is 9.84 Å². The van der Waals surface area contributed by atoms with Crippen molar-refractivity contribution in [2.24, 2.45) is 5.92 Å². The van der Waals surface area contributed by atoms with Crippen molar-refractivity contribution in [3.63, 3.8) is 0 Å². The lowest BCUT2D eigenvalue weighted by Gasteiger charge is -2.33. The number of amides is 3. The maximum Gasteiger partial charge on any atom is 0.325 e. The molecule has 7 heteroatoms. The number of nitrogens with zero attached hydrogens (tertiary/aromatic N) is 1. The third-order valence-electron chi connectivity index (χ3n) is 3.95. The van der Waals surface area contributed by atoms with Crippen molar-refractivity contribution in [3.05, 3.63) is 0 Å². The summed E-state index contributed by atoms with van der Waals surface area (Å²) in [5.41, 5.74) is -0.892. The summed E-state index contributed by atoms with van der Waals surface area (Å²) in [7, 11) is 1.51. The number of carbonyl (C=O) groups is 3. The minimum Gasteiger partial charge on any atom is -0.481 e. The Hall–Kier alpha value is -1.63. The van der Waals surface area contributed by atoms with Gasteiger partial charge >= 0.3 is 12.0 Å². The first-order chi connectivity index (χ1) is 9.00. The van der Waals surface area contributed by atoms with Crippen molar-refractivity contribution in [2.45, 2.75) is 31.2 Å². The molecule has 2 fully saturated rings. The van der Waals surface area contributed by atoms with E-state index in [9.17, 15) is 14.4 Å². The number of urea groups is 1. The van der Waals surface area contributed by atoms with Crippen LogP contribution in [0.3, 0.4) is 0 Å². The van der Waals surface area contributed by atoms with Gasteiger partial charge in [0.05, 0.1) is 19.1 Å². The summed E-state index contributed by atoms with van der Waals surface area (Å²) in [4.78, 5) is 36.2. The highest BCUT2D eigenvalue weighted by molar-refractivity contribution is 6.07. The van der Waals surface area contributed by atoms with Crippen LogP contribution in [0, 0.1) is 5.92 Å². The monoisotopic (exact) mass is 270 g/mol. The predicted octanol–water partition coefficient (Wildman–Crippen LogP) is 0.198. The van der Waals surface area contributed by atoms with Crippen LogP contribution in [-0.4, -0.2) is 53.7 Å². The van der Waals surface area contributed by atoms with Gasteiger partial charge in [-0.2, -0.15) is 0 Å². The molecule has 0 unspecified atom stereocenters. The lowest BCUT2D eigenvalue weighted by atomic mass is 9.76. The van der Waals surface area contributed by atoms with Crippen LogP contribution < -0.4 is 5.32 Å². The number of imide groups is 1. The van der Waals surface area contributed by atoms with Gasteiger partial charge in [-0.05, 0) is 25.7 Å². The van der Waals surface area contributed by atoms with E-state index < -0.39 is 23.5 Å². The topological polar surface area (TPSA) is 95.9 Å². The van der Waals surface area contributed by atoms with Crippen LogP contribution in [0.25, 0.3) is 0 Å². The molecule has 106 valence electrons. The lowest BCUT2D eigenvalue weighted by Crippen LogP contribution is -2.50. The van der Waals surface area contributed by atoms with Gasteiger partial charge in [0.1, 0.15) is 5.54 Å². The third-order valence-corrected chi connectivity index (χ3v) is 3.95. The van der Waals surface area contributed by atoms with Crippen LogP contribution in [0.2, 0.25) is 0 Å². The van der Waals surface area contributed by atoms with E-state index in [1.165, 1.54) is 7.11 Å². The molecule has 1 aliphatic heterocycles. The van der Waals surface area contributed by atoms with Crippen LogP contribution in [0.15, 0.2) is 0 Å². The van der Waals surface area contributed by atoms with Crippen molar-refractivity contribution < 1.29 is 24.2 Å². The largest absolute Gasteiger partial charge is 0.481 e. The Morgan fingerprint density at radius 1 is 1.47 bits per heavy atom. The quantitative estimate of drug-likeness (QED) is 0.711. The highest BCUT2D eigenvalue weighted by atomic mass is 16.5. The molecule has 1 saturated carbocycles. The maximum absolute atomic E-state index is 12.3. The van der Waals surface area contributed by atoms with Gasteiger partial charge in [-0.1, -0.05) is 0 Å². The van der Waals surface area contributed by atoms with E-state index in [1.54, 1.807) is 0 Å². The first-order valence-corrected chi connectivity index (χ1v) is 6.36. The SMILES string of the molecule is COCCN1C(=O)NC2(CCC(C(=O)O)CC2)C1=O. The zero-order chi connectivity index (χ0) is 14.0. The molecule has 2 rings (SSSR count). The van der Waals surface area contributed by atoms with Crippen molar-refractivity contribution >= 4 is 17.9 Å². The molecule has 1 aliphatic carbocycles. The number of rotatable bonds is 4. The zero-order valence-electron chi connectivity index (χ0n) is 10.8. The molecule has 1 saturated heterocycles. The molecule has 3 amide bonds. The van der Waals surface area contributed by atoms with E-state index in [0.717, 1.165) is 4.90 Å². The van der Waals surface area contributed by atoms with Gasteiger partial charge in [0.15, 0.2) is 0 Å². The van der Waals surface area contributed by atoms with Crippen molar-refractivity contribution in [3.8, 4) is 0 Å². The van der Waals surface area contributed by atoms with Crippen molar-refractivity contribution in [2.75, 3.05) is 20.3 Å². The molecule has 7 nitrogen and oxygen atoms in total. The second-order valence-electron chi connectivity index (χ2n) is 5.07. The van der Waals surface area contributed by atoms with Crippen LogP contribution in [0.5, 0.6) is 0 Å². The molecule has 0 aromatic heterocycles. The number of hydrogen-bond acceptors (Lipinski definition) is 4. The number of ether oxygens (including phenoxy) is 1. The summed E-state index contributed by atoms with van der Waals surface area (Å²) in [6, 6.07) is -0.407. The molecule has 0 aromatic carbocycles. The van der Waals surface area contributed by atoms with Gasteiger partial charge in [-0.3, -0.25) is 14.5 Å². The highest BCUT2D eigenvalue weighted by Gasteiger charge is 2.52. The first kappa shape index (κ1) is 13.8. The summed E-state index contributed by atoms with van der Waals surface area (Å²) in [6.07, 6.45) is 1.61. The first-order valence-electron chi connectivity index (χ1n) is 6.36. The number of methoxy groups -OCH3 is 1. The summed E-state index contributed by atoms with van der Waals surface area (Å²) in [6.45, 7) is 0.526. The molecule has 2 aliphatic rings. The van der Waals surface area contributed by atoms with Gasteiger partial charge in [0, 0.05) is 7.11 Å². The van der Waals surface area contributed by atoms with E-state index in [0.29, 0.717) is 32.3 Å². The molecule has 0 atom stereocenters. The maximum atomic E-state index is 12.3. The van der Waals surface area contributed by atoms with E-state index >= 15 is 0 Å². The van der Waals surface area contributed by atoms with Gasteiger partial charge in [0.2, 0.25) is 0 Å². The summed E-state index contributed by atoms with van der Waals surface area (Å²) < 4.78 is 4.87. The number of carboxylic acid groups (broad SMARTS) is 1. The Labute approximate surface area is 110 Å². The van der Waals surface area contributed by atoms with Gasteiger partial charge < -0.3 is 15.2 Å². The van der Waals surface area contributed by atoms with E-state index in [1.807, 2.05) is 0 Å². The summed E-state index contributed by atoms with van der Waals surface area (Å²) in [5.74, 6) is -1.50. The highest BCUT2D eigenvalue weighted by Crippen LogP contribution is 2.36. The number of nitrogens with one attached hydrogen (secondary N) is 1. The fourth-order valence-electron chi connectivity index (χ4n) is 2.76. The standard InChI is InChI=1S/C12H18N2O5/c1-19-7-6-14-10(17)12(13-11(14)18)4-2-8(3-5-12)9(15)16/h8H,2-7H2,1H3,(H,13,18)(H,15,16). The molecule has 0 bridgehead atoms. The molecule has 0 radical (unpaired) electrons. The molecular formula is C12H18N2O5. The Morgan fingerprint density at radius 2 is 2.11 bits per heavy atom. The Balaban J connectivity index is 2.04. The number of aliphatic carboxylic acids is 1. The predicted molar refractivity (Wildman–Crippen MR) is 64.4 cm³/mol. The van der Waals surface area contributed by atoms with Crippen LogP contribution >= 0.6 is 0 Å². The molecule has 0 aromatic rings. The normalized spacial score (nSPS) is 30.8. The fourth-order valence-corrected chi connectivity index (χ4v) is 2.76. The van der Waals surface area contributed by atoms with Gasteiger partial charge in [-0.15, -0.1) is 0 Å². The number of carboxylic acids is 1. The molecule has 1 spiro atoms. The average Bonchev–Trinajstić information content (AvgIpc) is 2.60. The minimum atomic E-state index is -0.892. The third kappa shape index (κ3) is 2.42. The Morgan fingerprint density at radius 3 is 2.63 bits per heavy atom. The minimum absolute atomic E-state index is 0.227. The van der Waals surface area contributed by atoms with Crippen LogP contribution in [0.1, 0.15) is 25.7 Å². The molecule has 1 heterocycles. The van der Waals surface area contributed by atoms with Crippen molar-refractivity contribution in [1.29, 1.82) is 0 Å². The molecular weight excluding hydrogens is 252 g/mol. The van der Waals surface area contributed by atoms with E-state index in [2.05, 4.69) is 5.32 Å². The number of carbonyl (C=O) groups excluding carboxylic acids is 2. The molecule has 2 N–H and O–H groups in total. The smallest absolute Gasteiger partial charge is 0.325 e. The van der Waals surface area contributed by atoms with E-state index in [-0.39, 0.29) is 12.5 Å². The Bertz CT molecular complexity index is 401. The zero-order valence-corrected chi connectivity index (χ0v) is 10.8. The number of hydrogen-bond donors (Lipinski definition) is 2. The van der Waals surface area contributed by atoms with Crippen LogP contribution in [0.4, 0.5) is 4.79 Å². The van der Waals surface area contributed by atoms with Gasteiger partial charge in [-0.25, -0.2) is 4.79 Å². The lowest BCUT2D eigenvalue weighted by molar-refractivity contribution is -0.145.